The van der Waals surface area contributed by atoms with Crippen LogP contribution in [-0.2, 0) is 11.2 Å². The Labute approximate surface area is 182 Å². The maximum absolute atomic E-state index is 14.9. The van der Waals surface area contributed by atoms with E-state index in [-0.39, 0.29) is 18.6 Å². The maximum Gasteiger partial charge on any atom is 0.337 e. The minimum atomic E-state index is -0.992. The van der Waals surface area contributed by atoms with Crippen LogP contribution >= 0.6 is 0 Å². The van der Waals surface area contributed by atoms with Crippen molar-refractivity contribution in [3.05, 3.63) is 76.4 Å². The minimum absolute atomic E-state index is 0.0139. The predicted molar refractivity (Wildman–Crippen MR) is 119 cm³/mol. The maximum atomic E-state index is 14.9. The van der Waals surface area contributed by atoms with E-state index in [0.717, 1.165) is 41.5 Å². The molecular formula is C26H29F2NO2. The second-order valence-electron chi connectivity index (χ2n) is 8.46. The van der Waals surface area contributed by atoms with Crippen molar-refractivity contribution in [2.75, 3.05) is 33.4 Å². The third kappa shape index (κ3) is 4.72. The van der Waals surface area contributed by atoms with E-state index in [2.05, 4.69) is 11.0 Å². The summed E-state index contributed by atoms with van der Waals surface area (Å²) < 4.78 is 32.1. The van der Waals surface area contributed by atoms with Crippen molar-refractivity contribution in [1.82, 2.24) is 4.90 Å². The second kappa shape index (κ2) is 9.73. The van der Waals surface area contributed by atoms with Gasteiger partial charge in [0.15, 0.2) is 0 Å². The third-order valence-electron chi connectivity index (χ3n) is 6.36. The summed E-state index contributed by atoms with van der Waals surface area (Å²) in [6.45, 7) is 1.79. The summed E-state index contributed by atoms with van der Waals surface area (Å²) in [5.74, 6) is -0.338. The van der Waals surface area contributed by atoms with Crippen LogP contribution in [0, 0.1) is 5.92 Å². The summed E-state index contributed by atoms with van der Waals surface area (Å²) in [6, 6.07) is 13.5. The number of alkyl halides is 2. The van der Waals surface area contributed by atoms with Crippen molar-refractivity contribution < 1.29 is 18.3 Å². The van der Waals surface area contributed by atoms with Gasteiger partial charge < -0.3 is 9.64 Å². The first-order valence-corrected chi connectivity index (χ1v) is 11.0. The Morgan fingerprint density at radius 3 is 2.68 bits per heavy atom. The molecular weight excluding hydrogens is 396 g/mol. The van der Waals surface area contributed by atoms with Crippen molar-refractivity contribution in [3.8, 4) is 0 Å². The van der Waals surface area contributed by atoms with Gasteiger partial charge in [-0.1, -0.05) is 36.4 Å². The van der Waals surface area contributed by atoms with Crippen LogP contribution < -0.4 is 0 Å². The topological polar surface area (TPSA) is 29.5 Å². The van der Waals surface area contributed by atoms with Crippen molar-refractivity contribution >= 4 is 11.5 Å². The summed E-state index contributed by atoms with van der Waals surface area (Å²) in [5, 5.41) is 0. The van der Waals surface area contributed by atoms with Crippen LogP contribution in [0.25, 0.3) is 5.57 Å². The molecule has 31 heavy (non-hydrogen) atoms. The molecule has 0 radical (unpaired) electrons. The molecule has 164 valence electrons. The fourth-order valence-corrected chi connectivity index (χ4v) is 4.61. The lowest BCUT2D eigenvalue weighted by Gasteiger charge is -2.41. The molecule has 0 N–H and O–H groups in total. The highest BCUT2D eigenvalue weighted by Gasteiger charge is 2.34. The monoisotopic (exact) mass is 425 g/mol. The van der Waals surface area contributed by atoms with Gasteiger partial charge in [0.25, 0.3) is 0 Å². The van der Waals surface area contributed by atoms with Gasteiger partial charge >= 0.3 is 5.97 Å². The number of nitrogens with zero attached hydrogens (tertiary/aromatic N) is 1. The van der Waals surface area contributed by atoms with E-state index in [1.165, 1.54) is 7.11 Å². The Balaban J connectivity index is 1.49. The largest absolute Gasteiger partial charge is 0.465 e. The Kier molecular flexibility index (Phi) is 6.81. The highest BCUT2D eigenvalue weighted by Crippen LogP contribution is 2.36. The number of benzene rings is 2. The van der Waals surface area contributed by atoms with E-state index >= 15 is 0 Å². The number of carbonyl (C=O) groups excluding carboxylic acids is 1. The van der Waals surface area contributed by atoms with E-state index in [0.29, 0.717) is 37.2 Å². The van der Waals surface area contributed by atoms with Gasteiger partial charge in [-0.2, -0.15) is 0 Å². The van der Waals surface area contributed by atoms with Crippen LogP contribution in [0.15, 0.2) is 48.5 Å². The summed E-state index contributed by atoms with van der Waals surface area (Å²) in [5.41, 5.74) is 5.72. The Morgan fingerprint density at radius 2 is 1.97 bits per heavy atom. The molecule has 0 bridgehead atoms. The van der Waals surface area contributed by atoms with E-state index in [1.54, 1.807) is 6.07 Å². The summed E-state index contributed by atoms with van der Waals surface area (Å²) in [6.07, 6.45) is 4.66. The molecule has 1 atom stereocenters. The lowest BCUT2D eigenvalue weighted by Crippen LogP contribution is -2.48. The molecule has 5 heteroatoms. The normalized spacial score (nSPS) is 17.8. The highest BCUT2D eigenvalue weighted by molar-refractivity contribution is 5.91. The average Bonchev–Trinajstić information content (AvgIpc) is 2.99. The van der Waals surface area contributed by atoms with Crippen LogP contribution in [0.4, 0.5) is 8.78 Å². The Morgan fingerprint density at radius 1 is 1.19 bits per heavy atom. The standard InChI is InChI=1S/C26H29F2NO2/c1-31-26(30)21-11-12-24-20(15-21)5-2-3-6-23(24)18-7-9-19(10-8-18)25(28)22-16-29(17-22)14-4-13-27/h6-12,15,22,25H,2-5,13-14,16-17H2,1H3. The van der Waals surface area contributed by atoms with Gasteiger partial charge in [0.2, 0.25) is 0 Å². The van der Waals surface area contributed by atoms with Gasteiger partial charge in [-0.05, 0) is 65.6 Å². The van der Waals surface area contributed by atoms with Crippen molar-refractivity contribution in [3.63, 3.8) is 0 Å². The zero-order valence-electron chi connectivity index (χ0n) is 17.9. The first kappa shape index (κ1) is 21.7. The number of hydrogen-bond donors (Lipinski definition) is 0. The van der Waals surface area contributed by atoms with Gasteiger partial charge in [-0.25, -0.2) is 9.18 Å². The van der Waals surface area contributed by atoms with Crippen LogP contribution in [0.5, 0.6) is 0 Å². The van der Waals surface area contributed by atoms with Crippen molar-refractivity contribution in [2.45, 2.75) is 31.9 Å². The number of hydrogen-bond acceptors (Lipinski definition) is 3. The molecule has 3 nitrogen and oxygen atoms in total. The Bertz CT molecular complexity index is 948. The molecule has 0 spiro atoms. The molecule has 2 aromatic carbocycles. The molecule has 0 amide bonds. The van der Waals surface area contributed by atoms with Crippen molar-refractivity contribution in [1.29, 1.82) is 0 Å². The van der Waals surface area contributed by atoms with E-state index < -0.39 is 6.17 Å². The molecule has 2 aromatic rings. The number of carbonyl (C=O) groups is 1. The van der Waals surface area contributed by atoms with Gasteiger partial charge in [-0.15, -0.1) is 0 Å². The molecule has 1 heterocycles. The number of allylic oxidation sites excluding steroid dienone is 1. The summed E-state index contributed by atoms with van der Waals surface area (Å²) >= 11 is 0. The SMILES string of the molecule is COC(=O)c1ccc2c(c1)CCCC=C2c1ccc(C(F)C2CN(CCCF)C2)cc1. The number of fused-ring (bicyclic) bond motifs is 1. The fourth-order valence-electron chi connectivity index (χ4n) is 4.61. The van der Waals surface area contributed by atoms with Gasteiger partial charge in [-0.3, -0.25) is 4.39 Å². The number of rotatable bonds is 7. The molecule has 0 aromatic heterocycles. The number of aryl methyl sites for hydroxylation is 1. The lowest BCUT2D eigenvalue weighted by atomic mass is 9.88. The molecule has 0 saturated carbocycles. The average molecular weight is 426 g/mol. The summed E-state index contributed by atoms with van der Waals surface area (Å²) in [7, 11) is 1.39. The number of ether oxygens (including phenoxy) is 1. The van der Waals surface area contributed by atoms with E-state index in [1.807, 2.05) is 36.4 Å². The molecule has 4 rings (SSSR count). The zero-order chi connectivity index (χ0) is 21.8. The summed E-state index contributed by atoms with van der Waals surface area (Å²) in [4.78, 5) is 14.0. The first-order valence-electron chi connectivity index (χ1n) is 11.0. The lowest BCUT2D eigenvalue weighted by molar-refractivity contribution is 0.0364. The smallest absolute Gasteiger partial charge is 0.337 e. The number of esters is 1. The number of methoxy groups -OCH3 is 1. The van der Waals surface area contributed by atoms with Crippen molar-refractivity contribution in [2.24, 2.45) is 5.92 Å². The second-order valence-corrected chi connectivity index (χ2v) is 8.46. The van der Waals surface area contributed by atoms with Gasteiger partial charge in [0, 0.05) is 25.6 Å². The highest BCUT2D eigenvalue weighted by atomic mass is 19.1. The Hall–Kier alpha value is -2.53. The fraction of sp³-hybridized carbons (Fsp3) is 0.423. The number of likely N-dealkylation sites (tertiary alicyclic amines) is 1. The first-order chi connectivity index (χ1) is 15.1. The minimum Gasteiger partial charge on any atom is -0.465 e. The van der Waals surface area contributed by atoms with E-state index in [4.69, 9.17) is 4.74 Å². The predicted octanol–water partition coefficient (Wildman–Crippen LogP) is 5.54. The van der Waals surface area contributed by atoms with Crippen LogP contribution in [-0.4, -0.2) is 44.3 Å². The third-order valence-corrected chi connectivity index (χ3v) is 6.36. The zero-order valence-corrected chi connectivity index (χ0v) is 17.9. The van der Waals surface area contributed by atoms with Gasteiger partial charge in [0.05, 0.1) is 19.3 Å². The molecule has 1 aliphatic carbocycles. The molecule has 1 saturated heterocycles. The molecule has 1 unspecified atom stereocenters. The van der Waals surface area contributed by atoms with Crippen LogP contribution in [0.2, 0.25) is 0 Å². The quantitative estimate of drug-likeness (QED) is 0.545. The van der Waals surface area contributed by atoms with Crippen LogP contribution in [0.3, 0.4) is 0 Å². The number of halogens is 2. The molecule has 1 aliphatic heterocycles. The van der Waals surface area contributed by atoms with Gasteiger partial charge in [0.1, 0.15) is 6.17 Å². The van der Waals surface area contributed by atoms with E-state index in [9.17, 15) is 13.6 Å². The molecule has 2 aliphatic rings. The van der Waals surface area contributed by atoms with Crippen LogP contribution in [0.1, 0.15) is 58.0 Å². The molecule has 1 fully saturated rings.